The summed E-state index contributed by atoms with van der Waals surface area (Å²) in [6.45, 7) is 0.220. The van der Waals surface area contributed by atoms with Gasteiger partial charge in [0.1, 0.15) is 5.82 Å². The van der Waals surface area contributed by atoms with E-state index in [0.29, 0.717) is 5.56 Å². The number of hydrogen-bond acceptors (Lipinski definition) is 5. The van der Waals surface area contributed by atoms with Crippen LogP contribution >= 0.6 is 0 Å². The quantitative estimate of drug-likeness (QED) is 0.713. The van der Waals surface area contributed by atoms with Crippen LogP contribution in [0.4, 0.5) is 5.82 Å². The molecule has 1 aromatic rings. The van der Waals surface area contributed by atoms with E-state index in [1.165, 1.54) is 12.3 Å². The van der Waals surface area contributed by atoms with Gasteiger partial charge in [0.25, 0.3) is 0 Å². The van der Waals surface area contributed by atoms with Gasteiger partial charge < -0.3 is 5.73 Å². The van der Waals surface area contributed by atoms with Crippen LogP contribution in [0.25, 0.3) is 0 Å². The molecule has 0 aliphatic carbocycles. The zero-order chi connectivity index (χ0) is 12.7. The molecular weight excluding hydrogens is 240 g/mol. The lowest BCUT2D eigenvalue weighted by atomic mass is 10.2. The number of nitrogens with one attached hydrogen (secondary N) is 1. The van der Waals surface area contributed by atoms with Gasteiger partial charge in [-0.25, -0.2) is 13.4 Å². The number of pyridine rings is 1. The molecule has 1 aromatic heterocycles. The highest BCUT2D eigenvalue weighted by atomic mass is 32.2. The Hall–Kier alpha value is -2.09. The SMILES string of the molecule is N#CCS(=O)(=O)Nc1cc(C#CCN)ccn1. The molecule has 0 aliphatic heterocycles. The van der Waals surface area contributed by atoms with Gasteiger partial charge in [-0.05, 0) is 12.1 Å². The van der Waals surface area contributed by atoms with E-state index in [1.54, 1.807) is 12.1 Å². The second-order valence-electron chi connectivity index (χ2n) is 2.95. The zero-order valence-corrected chi connectivity index (χ0v) is 9.66. The molecule has 0 spiro atoms. The Kier molecular flexibility index (Phi) is 4.46. The number of aromatic nitrogens is 1. The van der Waals surface area contributed by atoms with Gasteiger partial charge in [-0.3, -0.25) is 4.72 Å². The Bertz CT molecular complexity index is 593. The highest BCUT2D eigenvalue weighted by molar-refractivity contribution is 7.92. The molecular formula is C10H10N4O2S. The molecule has 0 amide bonds. The lowest BCUT2D eigenvalue weighted by molar-refractivity contribution is 0.604. The van der Waals surface area contributed by atoms with Crippen molar-refractivity contribution in [2.24, 2.45) is 5.73 Å². The Labute approximate surface area is 99.5 Å². The Morgan fingerprint density at radius 2 is 2.29 bits per heavy atom. The number of rotatable bonds is 3. The topological polar surface area (TPSA) is 109 Å². The number of hydrogen-bond donors (Lipinski definition) is 2. The van der Waals surface area contributed by atoms with Crippen LogP contribution in [-0.2, 0) is 10.0 Å². The molecule has 0 saturated carbocycles. The van der Waals surface area contributed by atoms with Gasteiger partial charge in [-0.1, -0.05) is 11.8 Å². The fraction of sp³-hybridized carbons (Fsp3) is 0.200. The van der Waals surface area contributed by atoms with Gasteiger partial charge in [0.2, 0.25) is 10.0 Å². The second-order valence-corrected chi connectivity index (χ2v) is 4.68. The minimum atomic E-state index is -3.67. The summed E-state index contributed by atoms with van der Waals surface area (Å²) in [5, 5.41) is 8.32. The first-order valence-electron chi connectivity index (χ1n) is 4.60. The number of nitrogens with zero attached hydrogens (tertiary/aromatic N) is 2. The molecule has 0 atom stereocenters. The van der Waals surface area contributed by atoms with E-state index in [4.69, 9.17) is 11.0 Å². The van der Waals surface area contributed by atoms with Crippen LogP contribution in [0.3, 0.4) is 0 Å². The molecule has 17 heavy (non-hydrogen) atoms. The molecule has 0 aliphatic rings. The van der Waals surface area contributed by atoms with E-state index in [2.05, 4.69) is 21.5 Å². The average Bonchev–Trinajstić information content (AvgIpc) is 2.26. The summed E-state index contributed by atoms with van der Waals surface area (Å²) in [6.07, 6.45) is 1.42. The monoisotopic (exact) mass is 250 g/mol. The second kappa shape index (κ2) is 5.85. The van der Waals surface area contributed by atoms with Crippen LogP contribution < -0.4 is 10.5 Å². The molecule has 1 heterocycles. The van der Waals surface area contributed by atoms with Gasteiger partial charge in [0.05, 0.1) is 12.6 Å². The summed E-state index contributed by atoms with van der Waals surface area (Å²) >= 11 is 0. The van der Waals surface area contributed by atoms with Crippen molar-refractivity contribution < 1.29 is 8.42 Å². The summed E-state index contributed by atoms with van der Waals surface area (Å²) in [4.78, 5) is 3.82. The molecule has 6 nitrogen and oxygen atoms in total. The van der Waals surface area contributed by atoms with E-state index < -0.39 is 15.8 Å². The molecule has 1 rings (SSSR count). The molecule has 0 unspecified atom stereocenters. The Balaban J connectivity index is 2.91. The van der Waals surface area contributed by atoms with Crippen LogP contribution in [-0.4, -0.2) is 25.7 Å². The third kappa shape index (κ3) is 4.51. The summed E-state index contributed by atoms with van der Waals surface area (Å²) in [5.74, 6) is 4.90. The maximum Gasteiger partial charge on any atom is 0.247 e. The number of nitriles is 1. The van der Waals surface area contributed by atoms with Crippen molar-refractivity contribution in [3.05, 3.63) is 23.9 Å². The van der Waals surface area contributed by atoms with Crippen molar-refractivity contribution in [3.8, 4) is 17.9 Å². The predicted molar refractivity (Wildman–Crippen MR) is 63.2 cm³/mol. The number of anilines is 1. The van der Waals surface area contributed by atoms with Gasteiger partial charge >= 0.3 is 0 Å². The maximum absolute atomic E-state index is 11.3. The molecule has 3 N–H and O–H groups in total. The minimum absolute atomic E-state index is 0.129. The normalized spacial score (nSPS) is 9.88. The van der Waals surface area contributed by atoms with Gasteiger partial charge in [0, 0.05) is 11.8 Å². The Morgan fingerprint density at radius 3 is 2.94 bits per heavy atom. The first kappa shape index (κ1) is 13.0. The summed E-state index contributed by atoms with van der Waals surface area (Å²) in [6, 6.07) is 4.65. The van der Waals surface area contributed by atoms with Crippen molar-refractivity contribution in [2.75, 3.05) is 17.0 Å². The summed E-state index contributed by atoms with van der Waals surface area (Å²) in [5.41, 5.74) is 5.82. The molecule has 0 fully saturated rings. The van der Waals surface area contributed by atoms with Crippen LogP contribution in [0.1, 0.15) is 5.56 Å². The Morgan fingerprint density at radius 1 is 1.53 bits per heavy atom. The summed E-state index contributed by atoms with van der Waals surface area (Å²) in [7, 11) is -3.67. The smallest absolute Gasteiger partial charge is 0.247 e. The average molecular weight is 250 g/mol. The highest BCUT2D eigenvalue weighted by Crippen LogP contribution is 2.07. The number of nitrogens with two attached hydrogens (primary N) is 1. The van der Waals surface area contributed by atoms with E-state index >= 15 is 0 Å². The molecule has 0 bridgehead atoms. The molecule has 88 valence electrons. The van der Waals surface area contributed by atoms with Gasteiger partial charge in [-0.2, -0.15) is 5.26 Å². The maximum atomic E-state index is 11.3. The van der Waals surface area contributed by atoms with Crippen molar-refractivity contribution >= 4 is 15.8 Å². The lowest BCUT2D eigenvalue weighted by Gasteiger charge is -2.03. The van der Waals surface area contributed by atoms with E-state index in [0.717, 1.165) is 0 Å². The van der Waals surface area contributed by atoms with Gasteiger partial charge in [0.15, 0.2) is 5.75 Å². The fourth-order valence-corrected chi connectivity index (χ4v) is 1.67. The fourth-order valence-electron chi connectivity index (χ4n) is 0.998. The zero-order valence-electron chi connectivity index (χ0n) is 8.84. The standard InChI is InChI=1S/C10H10N4O2S/c11-4-1-2-9-3-6-13-10(8-9)14-17(15,16)7-5-12/h3,6,8H,4,7,11H2,(H,13,14). The van der Waals surface area contributed by atoms with Crippen LogP contribution in [0.2, 0.25) is 0 Å². The molecule has 0 radical (unpaired) electrons. The lowest BCUT2D eigenvalue weighted by Crippen LogP contribution is -2.16. The van der Waals surface area contributed by atoms with Crippen molar-refractivity contribution in [3.63, 3.8) is 0 Å². The predicted octanol–water partition coefficient (Wildman–Crippen LogP) is -0.343. The molecule has 0 saturated heterocycles. The van der Waals surface area contributed by atoms with Crippen LogP contribution in [0.5, 0.6) is 0 Å². The van der Waals surface area contributed by atoms with Crippen LogP contribution in [0.15, 0.2) is 18.3 Å². The van der Waals surface area contributed by atoms with Gasteiger partial charge in [-0.15, -0.1) is 0 Å². The molecule has 0 aromatic carbocycles. The highest BCUT2D eigenvalue weighted by Gasteiger charge is 2.09. The van der Waals surface area contributed by atoms with Crippen molar-refractivity contribution in [1.82, 2.24) is 4.98 Å². The van der Waals surface area contributed by atoms with Crippen LogP contribution in [0, 0.1) is 23.2 Å². The third-order valence-electron chi connectivity index (χ3n) is 1.61. The van der Waals surface area contributed by atoms with Crippen molar-refractivity contribution in [2.45, 2.75) is 0 Å². The first-order valence-corrected chi connectivity index (χ1v) is 6.25. The third-order valence-corrected chi connectivity index (χ3v) is 2.64. The van der Waals surface area contributed by atoms with Crippen molar-refractivity contribution in [1.29, 1.82) is 5.26 Å². The first-order chi connectivity index (χ1) is 8.07. The minimum Gasteiger partial charge on any atom is -0.320 e. The summed E-state index contributed by atoms with van der Waals surface area (Å²) < 4.78 is 24.8. The van der Waals surface area contributed by atoms with E-state index in [9.17, 15) is 8.42 Å². The largest absolute Gasteiger partial charge is 0.320 e. The van der Waals surface area contributed by atoms with E-state index in [-0.39, 0.29) is 12.4 Å². The number of sulfonamides is 1. The molecule has 7 heteroatoms. The van der Waals surface area contributed by atoms with E-state index in [1.807, 2.05) is 0 Å².